The third-order valence-corrected chi connectivity index (χ3v) is 14.1. The number of carbonyl (C=O) groups excluding carboxylic acids is 1. The standard InChI is InChI=1S/C37H62O8/c1-21(2)22(3)32(40-20-39-10)33(43-24(5)38)23(4)26-11-12-27-25-18-37(41-15-16-42-37)31-17-29-30(45-34(6,7)44-29)19-36(31,9)28(25)13-14-35(26,27)8/h21-23,25-33H,11-20H2,1-10H3/t22-,23-,25-,26+,27-,28-,29-,30+,31-,32+,33+,35+,36+/m0/s1. The summed E-state index contributed by atoms with van der Waals surface area (Å²) in [5.41, 5.74) is 0.205. The first kappa shape index (κ1) is 34.1. The van der Waals surface area contributed by atoms with Crippen LogP contribution in [0.5, 0.6) is 0 Å². The molecule has 2 heterocycles. The SMILES string of the molecule is COCO[C@@H]([C@H](OC(C)=O)[C@@H](C)[C@H]1CC[C@H]2[C@@H]3CC4(OCCO4)[C@H]4C[C@@H]5OC(C)(C)O[C@@H]5C[C@]4(C)[C@H]3CC[C@]12C)[C@@H](C)C(C)C. The summed E-state index contributed by atoms with van der Waals surface area (Å²) in [5, 5.41) is 0. The minimum atomic E-state index is -0.542. The topological polar surface area (TPSA) is 81.7 Å². The second-order valence-electron chi connectivity index (χ2n) is 17.1. The van der Waals surface area contributed by atoms with Crippen LogP contribution in [0.1, 0.15) is 107 Å². The number of esters is 1. The molecule has 0 N–H and O–H groups in total. The van der Waals surface area contributed by atoms with Crippen LogP contribution in [-0.2, 0) is 38.0 Å². The summed E-state index contributed by atoms with van der Waals surface area (Å²) in [4.78, 5) is 12.6. The van der Waals surface area contributed by atoms with Gasteiger partial charge in [-0.15, -0.1) is 0 Å². The Morgan fingerprint density at radius 2 is 1.53 bits per heavy atom. The monoisotopic (exact) mass is 634 g/mol. The van der Waals surface area contributed by atoms with Gasteiger partial charge in [0.2, 0.25) is 0 Å². The predicted molar refractivity (Wildman–Crippen MR) is 170 cm³/mol. The second-order valence-corrected chi connectivity index (χ2v) is 17.1. The largest absolute Gasteiger partial charge is 0.459 e. The van der Waals surface area contributed by atoms with Crippen molar-refractivity contribution in [3.8, 4) is 0 Å². The number of fused-ring (bicyclic) bond motifs is 7. The molecule has 0 radical (unpaired) electrons. The lowest BCUT2D eigenvalue weighted by atomic mass is 9.42. The van der Waals surface area contributed by atoms with Crippen LogP contribution in [-0.4, -0.2) is 69.1 Å². The van der Waals surface area contributed by atoms with E-state index in [-0.39, 0.29) is 59.8 Å². The first-order valence-corrected chi connectivity index (χ1v) is 18.1. The molecule has 0 aromatic heterocycles. The number of methoxy groups -OCH3 is 1. The van der Waals surface area contributed by atoms with Gasteiger partial charge in [-0.2, -0.15) is 0 Å². The minimum absolute atomic E-state index is 0.0648. The van der Waals surface area contributed by atoms with Gasteiger partial charge in [0.25, 0.3) is 0 Å². The highest BCUT2D eigenvalue weighted by atomic mass is 16.8. The number of hydrogen-bond acceptors (Lipinski definition) is 8. The van der Waals surface area contributed by atoms with Gasteiger partial charge in [0.05, 0.1) is 25.4 Å². The lowest BCUT2D eigenvalue weighted by Crippen LogP contribution is -2.65. The molecule has 0 amide bonds. The van der Waals surface area contributed by atoms with E-state index in [1.807, 2.05) is 0 Å². The average Bonchev–Trinajstić information content (AvgIpc) is 3.65. The lowest BCUT2D eigenvalue weighted by molar-refractivity contribution is -0.301. The van der Waals surface area contributed by atoms with Crippen molar-refractivity contribution in [2.75, 3.05) is 27.1 Å². The van der Waals surface area contributed by atoms with E-state index in [1.54, 1.807) is 7.11 Å². The predicted octanol–water partition coefficient (Wildman–Crippen LogP) is 6.98. The van der Waals surface area contributed by atoms with Gasteiger partial charge in [-0.25, -0.2) is 0 Å². The van der Waals surface area contributed by atoms with Crippen LogP contribution in [0, 0.1) is 58.2 Å². The maximum atomic E-state index is 12.6. The fourth-order valence-corrected chi connectivity index (χ4v) is 12.0. The molecular weight excluding hydrogens is 572 g/mol. The van der Waals surface area contributed by atoms with Crippen LogP contribution < -0.4 is 0 Å². The molecule has 0 aromatic rings. The molecule has 0 aromatic carbocycles. The van der Waals surface area contributed by atoms with E-state index >= 15 is 0 Å². The maximum absolute atomic E-state index is 12.6. The highest BCUT2D eigenvalue weighted by Gasteiger charge is 2.70. The first-order chi connectivity index (χ1) is 21.2. The van der Waals surface area contributed by atoms with Gasteiger partial charge in [-0.1, -0.05) is 41.5 Å². The summed E-state index contributed by atoms with van der Waals surface area (Å²) in [7, 11) is 1.65. The van der Waals surface area contributed by atoms with Gasteiger partial charge < -0.3 is 33.2 Å². The molecule has 6 aliphatic rings. The van der Waals surface area contributed by atoms with E-state index in [1.165, 1.54) is 26.2 Å². The van der Waals surface area contributed by atoms with Crippen molar-refractivity contribution in [2.24, 2.45) is 58.2 Å². The van der Waals surface area contributed by atoms with E-state index in [2.05, 4.69) is 55.4 Å². The first-order valence-electron chi connectivity index (χ1n) is 18.1. The van der Waals surface area contributed by atoms with Crippen LogP contribution in [0.25, 0.3) is 0 Å². The van der Waals surface area contributed by atoms with Crippen molar-refractivity contribution >= 4 is 5.97 Å². The lowest BCUT2D eigenvalue weighted by Gasteiger charge is -2.65. The molecule has 2 aliphatic heterocycles. The molecule has 258 valence electrons. The minimum Gasteiger partial charge on any atom is -0.459 e. The summed E-state index contributed by atoms with van der Waals surface area (Å²) in [6, 6.07) is 0. The fraction of sp³-hybridized carbons (Fsp3) is 0.973. The Balaban J connectivity index is 1.30. The van der Waals surface area contributed by atoms with Gasteiger partial charge in [0, 0.05) is 26.4 Å². The molecule has 6 rings (SSSR count). The molecule has 4 aliphatic carbocycles. The molecule has 0 unspecified atom stereocenters. The van der Waals surface area contributed by atoms with E-state index < -0.39 is 11.6 Å². The van der Waals surface area contributed by atoms with Crippen molar-refractivity contribution < 1.29 is 38.0 Å². The van der Waals surface area contributed by atoms with Gasteiger partial charge >= 0.3 is 5.97 Å². The normalized spacial score (nSPS) is 44.0. The zero-order valence-electron chi connectivity index (χ0n) is 29.8. The smallest absolute Gasteiger partial charge is 0.303 e. The Hall–Kier alpha value is -0.770. The summed E-state index contributed by atoms with van der Waals surface area (Å²) in [6.07, 6.45) is 7.32. The maximum Gasteiger partial charge on any atom is 0.303 e. The summed E-state index contributed by atoms with van der Waals surface area (Å²) in [5.74, 6) is 1.86. The van der Waals surface area contributed by atoms with Gasteiger partial charge in [0.1, 0.15) is 19.0 Å². The third kappa shape index (κ3) is 5.73. The number of rotatable bonds is 9. The summed E-state index contributed by atoms with van der Waals surface area (Å²) >= 11 is 0. The van der Waals surface area contributed by atoms with Crippen LogP contribution in [0.4, 0.5) is 0 Å². The van der Waals surface area contributed by atoms with Gasteiger partial charge in [-0.05, 0) is 105 Å². The Labute approximate surface area is 272 Å². The zero-order valence-corrected chi connectivity index (χ0v) is 29.8. The van der Waals surface area contributed by atoms with Crippen molar-refractivity contribution in [1.29, 1.82) is 0 Å². The van der Waals surface area contributed by atoms with E-state index in [4.69, 9.17) is 33.2 Å². The molecule has 0 bridgehead atoms. The molecule has 6 fully saturated rings. The summed E-state index contributed by atoms with van der Waals surface area (Å²) in [6.45, 7) is 21.2. The number of hydrogen-bond donors (Lipinski definition) is 0. The molecule has 2 saturated heterocycles. The Kier molecular flexibility index (Phi) is 9.31. The number of carbonyl (C=O) groups is 1. The average molecular weight is 635 g/mol. The Bertz CT molecular complexity index is 1070. The number of ether oxygens (including phenoxy) is 7. The van der Waals surface area contributed by atoms with Crippen molar-refractivity contribution in [3.05, 3.63) is 0 Å². The van der Waals surface area contributed by atoms with E-state index in [0.29, 0.717) is 48.7 Å². The van der Waals surface area contributed by atoms with Crippen LogP contribution in [0.3, 0.4) is 0 Å². The molecular formula is C37H62O8. The third-order valence-electron chi connectivity index (χ3n) is 14.1. The molecule has 45 heavy (non-hydrogen) atoms. The molecule has 1 spiro atoms. The second kappa shape index (κ2) is 12.3. The fourth-order valence-electron chi connectivity index (χ4n) is 12.0. The highest BCUT2D eigenvalue weighted by Crippen LogP contribution is 2.71. The van der Waals surface area contributed by atoms with E-state index in [0.717, 1.165) is 25.7 Å². The Morgan fingerprint density at radius 3 is 2.18 bits per heavy atom. The van der Waals surface area contributed by atoms with Gasteiger partial charge in [-0.3, -0.25) is 4.79 Å². The quantitative estimate of drug-likeness (QED) is 0.199. The molecule has 8 nitrogen and oxygen atoms in total. The van der Waals surface area contributed by atoms with E-state index in [9.17, 15) is 4.79 Å². The van der Waals surface area contributed by atoms with Crippen LogP contribution >= 0.6 is 0 Å². The van der Waals surface area contributed by atoms with Crippen molar-refractivity contribution in [2.45, 2.75) is 143 Å². The van der Waals surface area contributed by atoms with Gasteiger partial charge in [0.15, 0.2) is 11.6 Å². The zero-order chi connectivity index (χ0) is 32.5. The highest BCUT2D eigenvalue weighted by molar-refractivity contribution is 5.66. The van der Waals surface area contributed by atoms with Crippen LogP contribution in [0.2, 0.25) is 0 Å². The van der Waals surface area contributed by atoms with Crippen LogP contribution in [0.15, 0.2) is 0 Å². The molecule has 13 atom stereocenters. The van der Waals surface area contributed by atoms with Crippen molar-refractivity contribution in [3.63, 3.8) is 0 Å². The summed E-state index contributed by atoms with van der Waals surface area (Å²) < 4.78 is 44.3. The molecule has 8 heteroatoms. The molecule has 4 saturated carbocycles. The van der Waals surface area contributed by atoms with Crippen molar-refractivity contribution in [1.82, 2.24) is 0 Å². The Morgan fingerprint density at radius 1 is 0.867 bits per heavy atom.